The maximum absolute atomic E-state index is 12.1. The number of carbonyl (C=O) groups is 1. The van der Waals surface area contributed by atoms with E-state index in [1.807, 2.05) is 0 Å². The molecule has 0 spiro atoms. The lowest BCUT2D eigenvalue weighted by molar-refractivity contribution is -0.393. The summed E-state index contributed by atoms with van der Waals surface area (Å²) in [6.45, 7) is 0. The van der Waals surface area contributed by atoms with E-state index in [-0.39, 0.29) is 0 Å². The third kappa shape index (κ3) is 2.52. The predicted octanol–water partition coefficient (Wildman–Crippen LogP) is 0.643. The molecule has 0 aliphatic heterocycles. The van der Waals surface area contributed by atoms with Gasteiger partial charge in [-0.05, 0) is 0 Å². The molecule has 0 aromatic carbocycles. The normalized spacial score (nSPS) is 16.0. The zero-order valence-corrected chi connectivity index (χ0v) is 9.35. The molecule has 0 aromatic heterocycles. The molecule has 1 atom stereocenters. The molecule has 0 aliphatic carbocycles. The second kappa shape index (κ2) is 4.55. The second-order valence-corrected chi connectivity index (χ2v) is 3.67. The number of aliphatic carboxylic acids is 1. The number of carboxylic acids is 1. The molecule has 0 unspecified atom stereocenters. The molecule has 96 valence electrons. The molecular weight excluding hydrogens is 361 g/mol. The zero-order valence-electron chi connectivity index (χ0n) is 7.19. The van der Waals surface area contributed by atoms with Crippen LogP contribution >= 0.6 is 22.6 Å². The van der Waals surface area contributed by atoms with Crippen LogP contribution in [0.3, 0.4) is 0 Å². The van der Waals surface area contributed by atoms with Crippen molar-refractivity contribution in [1.82, 2.24) is 0 Å². The molecule has 0 aliphatic rings. The highest BCUT2D eigenvalue weighted by molar-refractivity contribution is 14.1. The predicted molar refractivity (Wildman–Crippen MR) is 44.4 cm³/mol. The number of alkyl halides is 7. The first kappa shape index (κ1) is 15.7. The van der Waals surface area contributed by atoms with Crippen molar-refractivity contribution in [2.24, 2.45) is 5.92 Å². The molecule has 0 saturated carbocycles. The minimum absolute atomic E-state index is 0.989. The Morgan fingerprint density at radius 2 is 1.50 bits per heavy atom. The fourth-order valence-corrected chi connectivity index (χ4v) is 1.90. The van der Waals surface area contributed by atoms with Crippen LogP contribution in [-0.2, 0) is 4.79 Å². The van der Waals surface area contributed by atoms with Gasteiger partial charge in [0, 0.05) is 10.4 Å². The quantitative estimate of drug-likeness (QED) is 0.454. The van der Waals surface area contributed by atoms with Crippen molar-refractivity contribution < 1.29 is 41.4 Å². The number of hydrogen-bond acceptors (Lipinski definition) is 3. The minimum Gasteiger partial charge on any atom is -0.550 e. The van der Waals surface area contributed by atoms with Gasteiger partial charge in [0.05, 0.1) is 5.92 Å². The van der Waals surface area contributed by atoms with Crippen molar-refractivity contribution in [3.05, 3.63) is 0 Å². The molecule has 0 fully saturated rings. The fourth-order valence-electron chi connectivity index (χ4n) is 0.901. The molecule has 0 amide bonds. The Kier molecular flexibility index (Phi) is 4.47. The van der Waals surface area contributed by atoms with Crippen LogP contribution in [0.15, 0.2) is 0 Å². The summed E-state index contributed by atoms with van der Waals surface area (Å²) in [6, 6.07) is 0. The molecular formula is C6H4F6IO3-. The average molecular weight is 365 g/mol. The molecule has 10 heteroatoms. The largest absolute Gasteiger partial charge is 0.550 e. The van der Waals surface area contributed by atoms with E-state index in [4.69, 9.17) is 5.11 Å². The summed E-state index contributed by atoms with van der Waals surface area (Å²) in [5.74, 6) is -5.74. The maximum atomic E-state index is 12.1. The Bertz CT molecular complexity index is 258. The van der Waals surface area contributed by atoms with Crippen molar-refractivity contribution in [1.29, 1.82) is 0 Å². The molecule has 0 heterocycles. The van der Waals surface area contributed by atoms with E-state index in [0.29, 0.717) is 0 Å². The van der Waals surface area contributed by atoms with Crippen molar-refractivity contribution >= 4 is 28.6 Å². The van der Waals surface area contributed by atoms with E-state index < -0.39 is 34.3 Å². The third-order valence-electron chi connectivity index (χ3n) is 1.81. The number of rotatable bonds is 3. The molecule has 3 nitrogen and oxygen atoms in total. The van der Waals surface area contributed by atoms with E-state index in [1.54, 1.807) is 0 Å². The SMILES string of the molecule is O=C([O-])[C@H](CI)C(O)(C(F)(F)F)C(F)(F)F. The summed E-state index contributed by atoms with van der Waals surface area (Å²) < 4.78 is 71.7. The number of hydrogen-bond donors (Lipinski definition) is 1. The fraction of sp³-hybridized carbons (Fsp3) is 0.833. The van der Waals surface area contributed by atoms with Crippen LogP contribution in [0.5, 0.6) is 0 Å². The summed E-state index contributed by atoms with van der Waals surface area (Å²) in [6.07, 6.45) is -12.3. The number of halogens is 7. The van der Waals surface area contributed by atoms with Crippen LogP contribution in [0, 0.1) is 5.92 Å². The van der Waals surface area contributed by atoms with Gasteiger partial charge in [-0.25, -0.2) is 0 Å². The van der Waals surface area contributed by atoms with Crippen LogP contribution < -0.4 is 5.11 Å². The number of carboxylic acid groups (broad SMARTS) is 1. The Labute approximate surface area is 98.6 Å². The highest BCUT2D eigenvalue weighted by atomic mass is 127. The Morgan fingerprint density at radius 3 is 1.56 bits per heavy atom. The van der Waals surface area contributed by atoms with Crippen LogP contribution in [0.25, 0.3) is 0 Å². The van der Waals surface area contributed by atoms with E-state index in [9.17, 15) is 36.2 Å². The lowest BCUT2D eigenvalue weighted by atomic mass is 9.87. The van der Waals surface area contributed by atoms with Gasteiger partial charge in [-0.3, -0.25) is 0 Å². The summed E-state index contributed by atoms with van der Waals surface area (Å²) in [5, 5.41) is 18.8. The lowest BCUT2D eigenvalue weighted by Crippen LogP contribution is -2.65. The van der Waals surface area contributed by atoms with Crippen LogP contribution in [-0.4, -0.2) is 33.5 Å². The highest BCUT2D eigenvalue weighted by Gasteiger charge is 2.73. The van der Waals surface area contributed by atoms with E-state index in [2.05, 4.69) is 0 Å². The lowest BCUT2D eigenvalue weighted by Gasteiger charge is -2.38. The van der Waals surface area contributed by atoms with Gasteiger partial charge in [0.15, 0.2) is 0 Å². The molecule has 1 N–H and O–H groups in total. The van der Waals surface area contributed by atoms with Gasteiger partial charge >= 0.3 is 12.4 Å². The Morgan fingerprint density at radius 1 is 1.19 bits per heavy atom. The monoisotopic (exact) mass is 365 g/mol. The number of carbonyl (C=O) groups excluding carboxylic acids is 1. The summed E-state index contributed by atoms with van der Waals surface area (Å²) in [7, 11) is 0. The van der Waals surface area contributed by atoms with E-state index >= 15 is 0 Å². The van der Waals surface area contributed by atoms with Crippen LogP contribution in [0.2, 0.25) is 0 Å². The second-order valence-electron chi connectivity index (χ2n) is 2.79. The highest BCUT2D eigenvalue weighted by Crippen LogP contribution is 2.48. The smallest absolute Gasteiger partial charge is 0.426 e. The van der Waals surface area contributed by atoms with E-state index in [1.165, 1.54) is 0 Å². The topological polar surface area (TPSA) is 60.4 Å². The molecule has 0 aromatic rings. The summed E-state index contributed by atoms with van der Waals surface area (Å²) in [4.78, 5) is 10.2. The Hall–Kier alpha value is -0.260. The molecule has 16 heavy (non-hydrogen) atoms. The maximum Gasteiger partial charge on any atom is 0.426 e. The van der Waals surface area contributed by atoms with Gasteiger partial charge in [-0.15, -0.1) is 0 Å². The Balaban J connectivity index is 5.68. The molecule has 0 rings (SSSR count). The molecule has 0 bridgehead atoms. The summed E-state index contributed by atoms with van der Waals surface area (Å²) in [5.41, 5.74) is -5.31. The standard InChI is InChI=1S/C6H5F6IO3/c7-5(8,9)4(16,6(10,11)12)2(1-13)3(14)15/h2,16H,1H2,(H,14,15)/p-1/t2-/m0/s1. The first-order valence-electron chi connectivity index (χ1n) is 3.52. The average Bonchev–Trinajstić information content (AvgIpc) is 1.99. The van der Waals surface area contributed by atoms with Gasteiger partial charge < -0.3 is 15.0 Å². The van der Waals surface area contributed by atoms with Crippen LogP contribution in [0.1, 0.15) is 0 Å². The van der Waals surface area contributed by atoms with Crippen molar-refractivity contribution in [2.75, 3.05) is 4.43 Å². The van der Waals surface area contributed by atoms with Crippen molar-refractivity contribution in [2.45, 2.75) is 18.0 Å². The van der Waals surface area contributed by atoms with Gasteiger partial charge in [0.25, 0.3) is 5.60 Å². The van der Waals surface area contributed by atoms with Crippen LogP contribution in [0.4, 0.5) is 26.3 Å². The van der Waals surface area contributed by atoms with Crippen molar-refractivity contribution in [3.63, 3.8) is 0 Å². The first-order valence-corrected chi connectivity index (χ1v) is 5.04. The first-order chi connectivity index (χ1) is 6.89. The van der Waals surface area contributed by atoms with E-state index in [0.717, 1.165) is 22.6 Å². The van der Waals surface area contributed by atoms with Gasteiger partial charge in [-0.1, -0.05) is 22.6 Å². The van der Waals surface area contributed by atoms with Gasteiger partial charge in [0.2, 0.25) is 0 Å². The van der Waals surface area contributed by atoms with Crippen molar-refractivity contribution in [3.8, 4) is 0 Å². The molecule has 0 radical (unpaired) electrons. The molecule has 0 saturated heterocycles. The third-order valence-corrected chi connectivity index (χ3v) is 2.69. The van der Waals surface area contributed by atoms with Gasteiger partial charge in [-0.2, -0.15) is 26.3 Å². The minimum atomic E-state index is -6.15. The van der Waals surface area contributed by atoms with Gasteiger partial charge in [0.1, 0.15) is 0 Å². The number of aliphatic hydroxyl groups is 1. The zero-order chi connectivity index (χ0) is 13.4. The summed E-state index contributed by atoms with van der Waals surface area (Å²) >= 11 is 0.989.